The predicted molar refractivity (Wildman–Crippen MR) is 138 cm³/mol. The molecule has 0 aliphatic heterocycles. The third kappa shape index (κ3) is 7.00. The molecular formula is C25H23Br2N3O3. The van der Waals surface area contributed by atoms with Gasteiger partial charge in [-0.2, -0.15) is 5.10 Å². The Labute approximate surface area is 209 Å². The molecule has 0 bridgehead atoms. The molecule has 0 atom stereocenters. The van der Waals surface area contributed by atoms with E-state index >= 15 is 0 Å². The summed E-state index contributed by atoms with van der Waals surface area (Å²) < 4.78 is 6.98. The minimum Gasteiger partial charge on any atom is -0.481 e. The van der Waals surface area contributed by atoms with Gasteiger partial charge in [-0.1, -0.05) is 23.8 Å². The number of carbonyl (C=O) groups is 2. The van der Waals surface area contributed by atoms with Gasteiger partial charge in [-0.3, -0.25) is 9.59 Å². The van der Waals surface area contributed by atoms with Crippen LogP contribution in [0.5, 0.6) is 5.75 Å². The number of nitrogens with zero attached hydrogens (tertiary/aromatic N) is 1. The summed E-state index contributed by atoms with van der Waals surface area (Å²) in [7, 11) is 0. The number of nitrogens with one attached hydrogen (secondary N) is 2. The van der Waals surface area contributed by atoms with E-state index in [9.17, 15) is 9.59 Å². The maximum Gasteiger partial charge on any atom is 0.271 e. The van der Waals surface area contributed by atoms with E-state index in [1.54, 1.807) is 24.3 Å². The number of aryl methyl sites for hydroxylation is 3. The molecule has 33 heavy (non-hydrogen) atoms. The molecule has 0 saturated heterocycles. The maximum absolute atomic E-state index is 12.3. The van der Waals surface area contributed by atoms with E-state index in [1.807, 2.05) is 51.1 Å². The Hall–Kier alpha value is -2.97. The third-order valence-corrected chi connectivity index (χ3v) is 6.03. The van der Waals surface area contributed by atoms with Gasteiger partial charge in [0.15, 0.2) is 6.61 Å². The number of rotatable bonds is 7. The molecule has 8 heteroatoms. The second-order valence-electron chi connectivity index (χ2n) is 7.51. The second-order valence-corrected chi connectivity index (χ2v) is 9.22. The number of halogens is 2. The monoisotopic (exact) mass is 571 g/mol. The van der Waals surface area contributed by atoms with Crippen LogP contribution in [0.3, 0.4) is 0 Å². The second kappa shape index (κ2) is 11.2. The van der Waals surface area contributed by atoms with Crippen molar-refractivity contribution in [2.45, 2.75) is 20.8 Å². The average molecular weight is 573 g/mol. The molecular weight excluding hydrogens is 550 g/mol. The Morgan fingerprint density at radius 1 is 0.939 bits per heavy atom. The molecule has 0 unspecified atom stereocenters. The van der Waals surface area contributed by atoms with Crippen molar-refractivity contribution < 1.29 is 14.3 Å². The highest BCUT2D eigenvalue weighted by atomic mass is 79.9. The van der Waals surface area contributed by atoms with Crippen LogP contribution in [0, 0.1) is 20.8 Å². The number of anilines is 1. The summed E-state index contributed by atoms with van der Waals surface area (Å²) in [6.45, 7) is 5.82. The highest BCUT2D eigenvalue weighted by Crippen LogP contribution is 2.34. The Morgan fingerprint density at radius 3 is 2.24 bits per heavy atom. The Morgan fingerprint density at radius 2 is 1.61 bits per heavy atom. The van der Waals surface area contributed by atoms with Gasteiger partial charge < -0.3 is 10.1 Å². The van der Waals surface area contributed by atoms with Gasteiger partial charge in [0.1, 0.15) is 5.75 Å². The molecule has 2 N–H and O–H groups in total. The molecule has 2 amide bonds. The molecule has 3 rings (SSSR count). The number of ether oxygens (including phenoxy) is 1. The highest BCUT2D eigenvalue weighted by Gasteiger charge is 2.12. The minimum absolute atomic E-state index is 0.149. The summed E-state index contributed by atoms with van der Waals surface area (Å²) in [4.78, 5) is 24.4. The molecule has 3 aromatic carbocycles. The van der Waals surface area contributed by atoms with Crippen molar-refractivity contribution >= 4 is 55.6 Å². The zero-order chi connectivity index (χ0) is 24.0. The number of hydrogen-bond acceptors (Lipinski definition) is 4. The number of benzene rings is 3. The lowest BCUT2D eigenvalue weighted by Gasteiger charge is -2.12. The van der Waals surface area contributed by atoms with Gasteiger partial charge in [-0.15, -0.1) is 0 Å². The topological polar surface area (TPSA) is 79.8 Å². The standard InChI is InChI=1S/C25H23Br2N3O3/c1-15-4-7-19(8-5-15)25(32)30-28-13-18-11-21(26)24(22(27)12-18)33-14-23(31)29-20-9-6-16(2)17(3)10-20/h4-13H,14H2,1-3H3,(H,29,31)(H,30,32)/b28-13+. The van der Waals surface area contributed by atoms with Crippen molar-refractivity contribution in [2.75, 3.05) is 11.9 Å². The fraction of sp³-hybridized carbons (Fsp3) is 0.160. The van der Waals surface area contributed by atoms with Crippen molar-refractivity contribution in [1.29, 1.82) is 0 Å². The fourth-order valence-electron chi connectivity index (χ4n) is 2.88. The van der Waals surface area contributed by atoms with E-state index in [0.29, 0.717) is 20.3 Å². The van der Waals surface area contributed by atoms with Gasteiger partial charge in [-0.25, -0.2) is 5.43 Å². The first kappa shape index (κ1) is 24.7. The molecule has 0 aliphatic rings. The maximum atomic E-state index is 12.3. The smallest absolute Gasteiger partial charge is 0.271 e. The van der Waals surface area contributed by atoms with Crippen molar-refractivity contribution in [3.8, 4) is 5.75 Å². The summed E-state index contributed by atoms with van der Waals surface area (Å²) >= 11 is 6.92. The normalized spacial score (nSPS) is 10.8. The zero-order valence-corrected chi connectivity index (χ0v) is 21.6. The molecule has 3 aromatic rings. The quantitative estimate of drug-likeness (QED) is 0.272. The first-order valence-electron chi connectivity index (χ1n) is 10.1. The molecule has 0 fully saturated rings. The Balaban J connectivity index is 1.58. The van der Waals surface area contributed by atoms with E-state index < -0.39 is 0 Å². The van der Waals surface area contributed by atoms with Gasteiger partial charge in [-0.05, 0) is 106 Å². The van der Waals surface area contributed by atoms with Crippen LogP contribution in [0.1, 0.15) is 32.6 Å². The van der Waals surface area contributed by atoms with Gasteiger partial charge >= 0.3 is 0 Å². The van der Waals surface area contributed by atoms with Crippen molar-refractivity contribution in [3.63, 3.8) is 0 Å². The van der Waals surface area contributed by atoms with E-state index in [2.05, 4.69) is 47.7 Å². The first-order chi connectivity index (χ1) is 15.7. The molecule has 0 spiro atoms. The third-order valence-electron chi connectivity index (χ3n) is 4.85. The van der Waals surface area contributed by atoms with Gasteiger partial charge in [0.2, 0.25) is 0 Å². The minimum atomic E-state index is -0.292. The van der Waals surface area contributed by atoms with E-state index in [4.69, 9.17) is 4.74 Å². The van der Waals surface area contributed by atoms with Crippen LogP contribution < -0.4 is 15.5 Å². The van der Waals surface area contributed by atoms with Crippen LogP contribution in [0.2, 0.25) is 0 Å². The van der Waals surface area contributed by atoms with Crippen LogP contribution in [-0.2, 0) is 4.79 Å². The van der Waals surface area contributed by atoms with Crippen LogP contribution in [0.25, 0.3) is 0 Å². The van der Waals surface area contributed by atoms with Crippen LogP contribution >= 0.6 is 31.9 Å². The lowest BCUT2D eigenvalue weighted by atomic mass is 10.1. The molecule has 0 radical (unpaired) electrons. The molecule has 0 heterocycles. The average Bonchev–Trinajstić information content (AvgIpc) is 2.76. The van der Waals surface area contributed by atoms with Crippen LogP contribution in [0.4, 0.5) is 5.69 Å². The lowest BCUT2D eigenvalue weighted by molar-refractivity contribution is -0.118. The number of amides is 2. The SMILES string of the molecule is Cc1ccc(C(=O)N/N=C/c2cc(Br)c(OCC(=O)Nc3ccc(C)c(C)c3)c(Br)c2)cc1. The number of hydrazone groups is 1. The van der Waals surface area contributed by atoms with Gasteiger partial charge in [0.05, 0.1) is 15.2 Å². The predicted octanol–water partition coefficient (Wildman–Crippen LogP) is 5.92. The van der Waals surface area contributed by atoms with Crippen molar-refractivity contribution in [3.05, 3.63) is 91.4 Å². The largest absolute Gasteiger partial charge is 0.481 e. The molecule has 0 aromatic heterocycles. The molecule has 6 nitrogen and oxygen atoms in total. The summed E-state index contributed by atoms with van der Waals surface area (Å²) in [5, 5.41) is 6.84. The molecule has 170 valence electrons. The highest BCUT2D eigenvalue weighted by molar-refractivity contribution is 9.11. The summed E-state index contributed by atoms with van der Waals surface area (Å²) in [6.07, 6.45) is 1.53. The van der Waals surface area contributed by atoms with Crippen molar-refractivity contribution in [1.82, 2.24) is 5.43 Å². The zero-order valence-electron chi connectivity index (χ0n) is 18.4. The summed E-state index contributed by atoms with van der Waals surface area (Å²) in [5.74, 6) is -0.0632. The molecule has 0 aliphatic carbocycles. The van der Waals surface area contributed by atoms with Crippen LogP contribution in [-0.4, -0.2) is 24.6 Å². The van der Waals surface area contributed by atoms with E-state index in [-0.39, 0.29) is 18.4 Å². The Bertz CT molecular complexity index is 1190. The van der Waals surface area contributed by atoms with Gasteiger partial charge in [0.25, 0.3) is 11.8 Å². The summed E-state index contributed by atoms with van der Waals surface area (Å²) in [5.41, 5.74) is 7.83. The lowest BCUT2D eigenvalue weighted by Crippen LogP contribution is -2.20. The molecule has 0 saturated carbocycles. The van der Waals surface area contributed by atoms with E-state index in [1.165, 1.54) is 6.21 Å². The first-order valence-corrected chi connectivity index (χ1v) is 11.7. The Kier molecular flexibility index (Phi) is 8.41. The fourth-order valence-corrected chi connectivity index (χ4v) is 4.33. The van der Waals surface area contributed by atoms with Crippen LogP contribution in [0.15, 0.2) is 68.6 Å². The van der Waals surface area contributed by atoms with E-state index in [0.717, 1.165) is 27.9 Å². The number of hydrogen-bond donors (Lipinski definition) is 2. The van der Waals surface area contributed by atoms with Gasteiger partial charge in [0, 0.05) is 11.3 Å². The van der Waals surface area contributed by atoms with Crippen molar-refractivity contribution in [2.24, 2.45) is 5.10 Å². The number of carbonyl (C=O) groups excluding carboxylic acids is 2. The summed E-state index contributed by atoms with van der Waals surface area (Å²) in [6, 6.07) is 16.5.